The largest absolute Gasteiger partial charge is 0.497 e. The predicted octanol–water partition coefficient (Wildman–Crippen LogP) is 3.66. The Morgan fingerprint density at radius 1 is 1.00 bits per heavy atom. The van der Waals surface area contributed by atoms with Crippen molar-refractivity contribution in [2.24, 2.45) is 0 Å². The van der Waals surface area contributed by atoms with Gasteiger partial charge in [-0.15, -0.1) is 0 Å². The third-order valence-electron chi connectivity index (χ3n) is 5.46. The van der Waals surface area contributed by atoms with Crippen LogP contribution in [0.25, 0.3) is 0 Å². The summed E-state index contributed by atoms with van der Waals surface area (Å²) < 4.78 is 38.2. The molecule has 1 fully saturated rings. The summed E-state index contributed by atoms with van der Waals surface area (Å²) >= 11 is 0. The smallest absolute Gasteiger partial charge is 0.411 e. The van der Waals surface area contributed by atoms with Crippen LogP contribution in [-0.4, -0.2) is 35.3 Å². The van der Waals surface area contributed by atoms with Crippen LogP contribution in [0.3, 0.4) is 0 Å². The number of methoxy groups -OCH3 is 2. The molecule has 3 rings (SSSR count). The van der Waals surface area contributed by atoms with Gasteiger partial charge in [-0.1, -0.05) is 25.0 Å². The van der Waals surface area contributed by atoms with E-state index in [4.69, 9.17) is 4.74 Å². The molecule has 1 aliphatic rings. The summed E-state index contributed by atoms with van der Waals surface area (Å²) in [6, 6.07) is 13.8. The average Bonchev–Trinajstić information content (AvgIpc) is 3.23. The first-order valence-electron chi connectivity index (χ1n) is 9.48. The zero-order valence-electron chi connectivity index (χ0n) is 16.6. The van der Waals surface area contributed by atoms with Crippen molar-refractivity contribution in [2.45, 2.75) is 36.0 Å². The predicted molar refractivity (Wildman–Crippen MR) is 111 cm³/mol. The van der Waals surface area contributed by atoms with Crippen LogP contribution in [0.5, 0.6) is 5.75 Å². The lowest BCUT2D eigenvalue weighted by Gasteiger charge is -2.30. The second kappa shape index (κ2) is 8.84. The number of rotatable bonds is 7. The second-order valence-electron chi connectivity index (χ2n) is 7.18. The first-order chi connectivity index (χ1) is 13.9. The van der Waals surface area contributed by atoms with E-state index in [9.17, 15) is 13.2 Å². The number of carbonyl (C=O) groups is 1. The normalized spacial score (nSPS) is 15.7. The van der Waals surface area contributed by atoms with Gasteiger partial charge in [0.05, 0.1) is 19.1 Å². The van der Waals surface area contributed by atoms with E-state index < -0.39 is 16.1 Å². The van der Waals surface area contributed by atoms with Crippen molar-refractivity contribution >= 4 is 21.8 Å². The van der Waals surface area contributed by atoms with Crippen molar-refractivity contribution in [3.8, 4) is 5.75 Å². The Morgan fingerprint density at radius 3 is 2.17 bits per heavy atom. The summed E-state index contributed by atoms with van der Waals surface area (Å²) in [4.78, 5) is 11.4. The number of nitrogens with one attached hydrogen (secondary N) is 2. The topological polar surface area (TPSA) is 93.7 Å². The van der Waals surface area contributed by atoms with Crippen LogP contribution in [0.2, 0.25) is 0 Å². The highest BCUT2D eigenvalue weighted by atomic mass is 32.2. The van der Waals surface area contributed by atoms with E-state index in [2.05, 4.69) is 14.8 Å². The van der Waals surface area contributed by atoms with Gasteiger partial charge in [-0.25, -0.2) is 17.9 Å². The fourth-order valence-electron chi connectivity index (χ4n) is 3.77. The molecular weight excluding hydrogens is 392 g/mol. The van der Waals surface area contributed by atoms with Crippen LogP contribution >= 0.6 is 0 Å². The number of hydrogen-bond donors (Lipinski definition) is 2. The van der Waals surface area contributed by atoms with Gasteiger partial charge in [-0.05, 0) is 54.8 Å². The van der Waals surface area contributed by atoms with E-state index in [1.54, 1.807) is 7.11 Å². The third kappa shape index (κ3) is 4.89. The van der Waals surface area contributed by atoms with Gasteiger partial charge in [0.25, 0.3) is 0 Å². The quantitative estimate of drug-likeness (QED) is 0.716. The van der Waals surface area contributed by atoms with E-state index in [0.717, 1.165) is 37.0 Å². The van der Waals surface area contributed by atoms with Crippen LogP contribution in [0.15, 0.2) is 53.4 Å². The number of anilines is 1. The summed E-state index contributed by atoms with van der Waals surface area (Å²) in [6.07, 6.45) is 3.40. The highest BCUT2D eigenvalue weighted by molar-refractivity contribution is 7.89. The molecule has 0 saturated heterocycles. The lowest BCUT2D eigenvalue weighted by molar-refractivity contribution is 0.187. The van der Waals surface area contributed by atoms with E-state index >= 15 is 0 Å². The fourth-order valence-corrected chi connectivity index (χ4v) is 4.89. The van der Waals surface area contributed by atoms with Crippen molar-refractivity contribution in [3.05, 3.63) is 54.1 Å². The highest BCUT2D eigenvalue weighted by Gasteiger charge is 2.36. The molecule has 1 amide bonds. The Labute approximate surface area is 171 Å². The van der Waals surface area contributed by atoms with E-state index in [1.807, 2.05) is 24.3 Å². The Kier molecular flexibility index (Phi) is 6.44. The first kappa shape index (κ1) is 21.1. The van der Waals surface area contributed by atoms with Crippen LogP contribution in [-0.2, 0) is 20.2 Å². The number of sulfonamides is 1. The number of amides is 1. The summed E-state index contributed by atoms with van der Waals surface area (Å²) in [5.74, 6) is 0.781. The van der Waals surface area contributed by atoms with Crippen molar-refractivity contribution in [3.63, 3.8) is 0 Å². The first-order valence-corrected chi connectivity index (χ1v) is 11.0. The Morgan fingerprint density at radius 2 is 1.62 bits per heavy atom. The Hall–Kier alpha value is -2.58. The van der Waals surface area contributed by atoms with Crippen LogP contribution < -0.4 is 14.8 Å². The molecule has 0 aromatic heterocycles. The maximum absolute atomic E-state index is 12.8. The molecular formula is C21H26N2O5S. The monoisotopic (exact) mass is 418 g/mol. The maximum Gasteiger partial charge on any atom is 0.411 e. The lowest BCUT2D eigenvalue weighted by atomic mass is 9.79. The molecule has 0 heterocycles. The minimum Gasteiger partial charge on any atom is -0.497 e. The van der Waals surface area contributed by atoms with Gasteiger partial charge in [0.1, 0.15) is 5.75 Å². The summed E-state index contributed by atoms with van der Waals surface area (Å²) in [5.41, 5.74) is 1.36. The Balaban J connectivity index is 1.74. The van der Waals surface area contributed by atoms with Gasteiger partial charge in [0.2, 0.25) is 10.0 Å². The molecule has 0 radical (unpaired) electrons. The number of ether oxygens (including phenoxy) is 2. The molecule has 0 unspecified atom stereocenters. The van der Waals surface area contributed by atoms with Gasteiger partial charge in [0.15, 0.2) is 0 Å². The molecule has 2 aromatic carbocycles. The maximum atomic E-state index is 12.8. The second-order valence-corrected chi connectivity index (χ2v) is 8.95. The van der Waals surface area contributed by atoms with Crippen molar-refractivity contribution in [1.29, 1.82) is 0 Å². The molecule has 2 aromatic rings. The van der Waals surface area contributed by atoms with Gasteiger partial charge in [-0.2, -0.15) is 0 Å². The van der Waals surface area contributed by atoms with Gasteiger partial charge in [-0.3, -0.25) is 5.32 Å². The van der Waals surface area contributed by atoms with Gasteiger partial charge in [0, 0.05) is 17.6 Å². The zero-order valence-corrected chi connectivity index (χ0v) is 17.4. The number of benzene rings is 2. The minimum atomic E-state index is -3.68. The summed E-state index contributed by atoms with van der Waals surface area (Å²) in [6.45, 7) is 0.337. The third-order valence-corrected chi connectivity index (χ3v) is 6.88. The molecule has 2 N–H and O–H groups in total. The lowest BCUT2D eigenvalue weighted by Crippen LogP contribution is -2.39. The molecule has 156 valence electrons. The number of hydrogen-bond acceptors (Lipinski definition) is 5. The average molecular weight is 419 g/mol. The van der Waals surface area contributed by atoms with Crippen LogP contribution in [0.4, 0.5) is 10.5 Å². The molecule has 0 atom stereocenters. The molecule has 0 aliphatic heterocycles. The molecule has 0 bridgehead atoms. The van der Waals surface area contributed by atoms with E-state index in [1.165, 1.54) is 31.4 Å². The summed E-state index contributed by atoms with van der Waals surface area (Å²) in [7, 11) is -0.787. The minimum absolute atomic E-state index is 0.149. The standard InChI is InChI=1S/C21H26N2O5S/c1-27-18-9-5-16(6-10-18)21(13-3-4-14-21)15-22-29(25,26)19-11-7-17(8-12-19)23-20(24)28-2/h5-12,22H,3-4,13-15H2,1-2H3,(H,23,24). The SMILES string of the molecule is COC(=O)Nc1ccc(S(=O)(=O)NCC2(c3ccc(OC)cc3)CCCC2)cc1. The Bertz CT molecular complexity index is 934. The molecule has 7 nitrogen and oxygen atoms in total. The fraction of sp³-hybridized carbons (Fsp3) is 0.381. The molecule has 8 heteroatoms. The molecule has 1 saturated carbocycles. The van der Waals surface area contributed by atoms with Crippen molar-refractivity contribution < 1.29 is 22.7 Å². The van der Waals surface area contributed by atoms with Crippen LogP contribution in [0, 0.1) is 0 Å². The molecule has 29 heavy (non-hydrogen) atoms. The number of carbonyl (C=O) groups excluding carboxylic acids is 1. The van der Waals surface area contributed by atoms with Gasteiger partial charge < -0.3 is 9.47 Å². The summed E-state index contributed by atoms with van der Waals surface area (Å²) in [5, 5.41) is 2.50. The van der Waals surface area contributed by atoms with Crippen molar-refractivity contribution in [1.82, 2.24) is 4.72 Å². The van der Waals surface area contributed by atoms with Crippen molar-refractivity contribution in [2.75, 3.05) is 26.1 Å². The van der Waals surface area contributed by atoms with E-state index in [0.29, 0.717) is 12.2 Å². The van der Waals surface area contributed by atoms with E-state index in [-0.39, 0.29) is 10.3 Å². The molecule has 0 spiro atoms. The highest BCUT2D eigenvalue weighted by Crippen LogP contribution is 2.41. The molecule has 1 aliphatic carbocycles. The van der Waals surface area contributed by atoms with Gasteiger partial charge >= 0.3 is 6.09 Å². The van der Waals surface area contributed by atoms with Crippen LogP contribution in [0.1, 0.15) is 31.2 Å². The zero-order chi connectivity index (χ0) is 20.9.